The minimum atomic E-state index is 0.0631. The van der Waals surface area contributed by atoms with E-state index < -0.39 is 0 Å². The van der Waals surface area contributed by atoms with Gasteiger partial charge in [0.05, 0.1) is 5.69 Å². The van der Waals surface area contributed by atoms with Crippen molar-refractivity contribution >= 4 is 11.8 Å². The highest BCUT2D eigenvalue weighted by molar-refractivity contribution is 7.98. The number of hydrogen-bond donors (Lipinski definition) is 1. The van der Waals surface area contributed by atoms with Gasteiger partial charge >= 0.3 is 0 Å². The van der Waals surface area contributed by atoms with Gasteiger partial charge in [0, 0.05) is 16.5 Å². The largest absolute Gasteiger partial charge is 0.306 e. The summed E-state index contributed by atoms with van der Waals surface area (Å²) in [6.07, 6.45) is 7.65. The number of benzene rings is 1. The summed E-state index contributed by atoms with van der Waals surface area (Å²) in [4.78, 5) is 23.2. The number of aromatic nitrogens is 2. The van der Waals surface area contributed by atoms with E-state index in [0.717, 1.165) is 61.4 Å². The maximum absolute atomic E-state index is 12.7. The molecule has 1 aliphatic heterocycles. The lowest BCUT2D eigenvalue weighted by molar-refractivity contribution is 0.157. The van der Waals surface area contributed by atoms with Crippen molar-refractivity contribution in [3.05, 3.63) is 51.9 Å². The Labute approximate surface area is 159 Å². The molecule has 0 amide bonds. The molecule has 0 bridgehead atoms. The van der Waals surface area contributed by atoms with Gasteiger partial charge in [-0.05, 0) is 63.7 Å². The molecular formula is C21H27N3OS. The summed E-state index contributed by atoms with van der Waals surface area (Å²) in [6, 6.07) is 10.0. The SMILES string of the molecule is CSCCCN1CCC2(CCc3c2nc(-c2ccccc2)[nH]c3=O)CC1. The van der Waals surface area contributed by atoms with Crippen LogP contribution in [0, 0.1) is 0 Å². The van der Waals surface area contributed by atoms with E-state index in [-0.39, 0.29) is 11.0 Å². The van der Waals surface area contributed by atoms with Gasteiger partial charge in [0.25, 0.3) is 5.56 Å². The van der Waals surface area contributed by atoms with Crippen molar-refractivity contribution in [3.8, 4) is 11.4 Å². The molecule has 1 aliphatic carbocycles. The van der Waals surface area contributed by atoms with Crippen molar-refractivity contribution < 1.29 is 0 Å². The predicted molar refractivity (Wildman–Crippen MR) is 109 cm³/mol. The highest BCUT2D eigenvalue weighted by atomic mass is 32.2. The van der Waals surface area contributed by atoms with Crippen molar-refractivity contribution in [1.29, 1.82) is 0 Å². The molecule has 1 spiro atoms. The predicted octanol–water partition coefficient (Wildman–Crippen LogP) is 3.47. The molecule has 0 unspecified atom stereocenters. The number of fused-ring (bicyclic) bond motifs is 2. The van der Waals surface area contributed by atoms with Crippen LogP contribution in [-0.4, -0.2) is 46.5 Å². The van der Waals surface area contributed by atoms with Crippen molar-refractivity contribution in [2.24, 2.45) is 0 Å². The molecule has 1 fully saturated rings. The fraction of sp³-hybridized carbons (Fsp3) is 0.524. The van der Waals surface area contributed by atoms with Gasteiger partial charge in [0.1, 0.15) is 5.82 Å². The monoisotopic (exact) mass is 369 g/mol. The van der Waals surface area contributed by atoms with Crippen LogP contribution in [-0.2, 0) is 11.8 Å². The maximum atomic E-state index is 12.7. The number of thioether (sulfide) groups is 1. The van der Waals surface area contributed by atoms with Crippen LogP contribution in [0.1, 0.15) is 36.9 Å². The minimum absolute atomic E-state index is 0.0631. The molecule has 0 radical (unpaired) electrons. The Hall–Kier alpha value is -1.59. The van der Waals surface area contributed by atoms with Crippen molar-refractivity contribution in [3.63, 3.8) is 0 Å². The second kappa shape index (κ2) is 7.57. The molecule has 0 atom stereocenters. The summed E-state index contributed by atoms with van der Waals surface area (Å²) < 4.78 is 0. The molecule has 26 heavy (non-hydrogen) atoms. The molecule has 0 saturated carbocycles. The number of rotatable bonds is 5. The van der Waals surface area contributed by atoms with Crippen LogP contribution in [0.4, 0.5) is 0 Å². The van der Waals surface area contributed by atoms with Gasteiger partial charge in [-0.15, -0.1) is 0 Å². The summed E-state index contributed by atoms with van der Waals surface area (Å²) in [7, 11) is 0. The summed E-state index contributed by atoms with van der Waals surface area (Å²) in [6.45, 7) is 3.45. The number of aromatic amines is 1. The quantitative estimate of drug-likeness (QED) is 0.820. The fourth-order valence-corrected chi connectivity index (χ4v) is 4.93. The Kier molecular flexibility index (Phi) is 5.18. The highest BCUT2D eigenvalue weighted by Gasteiger charge is 2.43. The number of likely N-dealkylation sites (tertiary alicyclic amines) is 1. The zero-order valence-corrected chi connectivity index (χ0v) is 16.3. The Balaban J connectivity index is 1.58. The van der Waals surface area contributed by atoms with Gasteiger partial charge in [0.2, 0.25) is 0 Å². The lowest BCUT2D eigenvalue weighted by Crippen LogP contribution is -2.42. The average molecular weight is 370 g/mol. The van der Waals surface area contributed by atoms with Crippen LogP contribution < -0.4 is 5.56 Å². The Morgan fingerprint density at radius 3 is 2.69 bits per heavy atom. The van der Waals surface area contributed by atoms with Gasteiger partial charge < -0.3 is 9.88 Å². The molecule has 1 N–H and O–H groups in total. The van der Waals surface area contributed by atoms with E-state index in [1.807, 2.05) is 42.1 Å². The lowest BCUT2D eigenvalue weighted by Gasteiger charge is -2.39. The number of piperidine rings is 1. The first kappa shape index (κ1) is 17.8. The van der Waals surface area contributed by atoms with Crippen LogP contribution in [0.3, 0.4) is 0 Å². The Morgan fingerprint density at radius 2 is 1.96 bits per heavy atom. The van der Waals surface area contributed by atoms with E-state index in [9.17, 15) is 4.79 Å². The standard InChI is InChI=1S/C21H27N3OS/c1-26-15-5-12-24-13-10-21(11-14-24)9-8-17-18(21)22-19(23-20(17)25)16-6-3-2-4-7-16/h2-4,6-7H,5,8-15H2,1H3,(H,22,23,25). The van der Waals surface area contributed by atoms with Crippen molar-refractivity contribution in [2.75, 3.05) is 31.6 Å². The summed E-state index contributed by atoms with van der Waals surface area (Å²) >= 11 is 1.93. The van der Waals surface area contributed by atoms with Gasteiger partial charge in [-0.2, -0.15) is 11.8 Å². The molecule has 1 aromatic carbocycles. The lowest BCUT2D eigenvalue weighted by atomic mass is 9.76. The van der Waals surface area contributed by atoms with E-state index in [0.29, 0.717) is 0 Å². The van der Waals surface area contributed by atoms with E-state index in [2.05, 4.69) is 16.1 Å². The van der Waals surface area contributed by atoms with Crippen LogP contribution in [0.15, 0.2) is 35.1 Å². The molecule has 4 rings (SSSR count). The first-order valence-corrected chi connectivity index (χ1v) is 11.0. The number of hydrogen-bond acceptors (Lipinski definition) is 4. The van der Waals surface area contributed by atoms with E-state index in [1.54, 1.807) is 0 Å². The fourth-order valence-electron chi connectivity index (χ4n) is 4.51. The molecule has 138 valence electrons. The third-order valence-electron chi connectivity index (χ3n) is 6.05. The summed E-state index contributed by atoms with van der Waals surface area (Å²) in [5, 5.41) is 0. The number of nitrogens with zero attached hydrogens (tertiary/aromatic N) is 2. The van der Waals surface area contributed by atoms with Gasteiger partial charge in [-0.3, -0.25) is 4.79 Å². The Bertz CT molecular complexity index is 810. The van der Waals surface area contributed by atoms with E-state index >= 15 is 0 Å². The second-order valence-electron chi connectivity index (χ2n) is 7.58. The minimum Gasteiger partial charge on any atom is -0.306 e. The topological polar surface area (TPSA) is 49.0 Å². The molecule has 2 heterocycles. The Morgan fingerprint density at radius 1 is 1.19 bits per heavy atom. The van der Waals surface area contributed by atoms with Crippen LogP contribution in [0.25, 0.3) is 11.4 Å². The molecule has 1 saturated heterocycles. The highest BCUT2D eigenvalue weighted by Crippen LogP contribution is 2.44. The second-order valence-corrected chi connectivity index (χ2v) is 8.56. The maximum Gasteiger partial charge on any atom is 0.254 e. The smallest absolute Gasteiger partial charge is 0.254 e. The molecule has 2 aromatic rings. The zero-order chi connectivity index (χ0) is 18.0. The van der Waals surface area contributed by atoms with E-state index in [4.69, 9.17) is 4.98 Å². The van der Waals surface area contributed by atoms with Crippen LogP contribution in [0.5, 0.6) is 0 Å². The number of nitrogens with one attached hydrogen (secondary N) is 1. The number of H-pyrrole nitrogens is 1. The molecule has 2 aliphatic rings. The normalized spacial score (nSPS) is 19.0. The van der Waals surface area contributed by atoms with Crippen LogP contribution in [0.2, 0.25) is 0 Å². The van der Waals surface area contributed by atoms with Gasteiger partial charge in [-0.25, -0.2) is 4.98 Å². The third-order valence-corrected chi connectivity index (χ3v) is 6.75. The van der Waals surface area contributed by atoms with Crippen molar-refractivity contribution in [2.45, 2.75) is 37.5 Å². The first-order chi connectivity index (χ1) is 12.7. The molecular weight excluding hydrogens is 342 g/mol. The average Bonchev–Trinajstić information content (AvgIpc) is 3.03. The zero-order valence-electron chi connectivity index (χ0n) is 15.5. The summed E-state index contributed by atoms with van der Waals surface area (Å²) in [5.74, 6) is 1.96. The summed E-state index contributed by atoms with van der Waals surface area (Å²) in [5.41, 5.74) is 3.19. The molecule has 4 nitrogen and oxygen atoms in total. The van der Waals surface area contributed by atoms with Crippen LogP contribution >= 0.6 is 11.8 Å². The van der Waals surface area contributed by atoms with E-state index in [1.165, 1.54) is 18.7 Å². The molecule has 5 heteroatoms. The first-order valence-electron chi connectivity index (χ1n) is 9.62. The third kappa shape index (κ3) is 3.35. The van der Waals surface area contributed by atoms with Crippen molar-refractivity contribution in [1.82, 2.24) is 14.9 Å². The van der Waals surface area contributed by atoms with Gasteiger partial charge in [-0.1, -0.05) is 30.3 Å². The van der Waals surface area contributed by atoms with Gasteiger partial charge in [0.15, 0.2) is 0 Å². The molecule has 1 aromatic heterocycles.